The zero-order valence-electron chi connectivity index (χ0n) is 7.31. The van der Waals surface area contributed by atoms with Gasteiger partial charge in [-0.2, -0.15) is 24.9 Å². The van der Waals surface area contributed by atoms with Crippen molar-refractivity contribution in [3.8, 4) is 0 Å². The third-order valence-electron chi connectivity index (χ3n) is 2.33. The quantitative estimate of drug-likeness (QED) is 0.724. The van der Waals surface area contributed by atoms with Crippen LogP contribution < -0.4 is 5.73 Å². The summed E-state index contributed by atoms with van der Waals surface area (Å²) in [7, 11) is 0. The van der Waals surface area contributed by atoms with E-state index in [1.165, 1.54) is 0 Å². The van der Waals surface area contributed by atoms with Crippen molar-refractivity contribution in [3.05, 3.63) is 0 Å². The van der Waals surface area contributed by atoms with Crippen LogP contribution in [0.15, 0.2) is 0 Å². The fourth-order valence-corrected chi connectivity index (χ4v) is 2.67. The highest BCUT2D eigenvalue weighted by molar-refractivity contribution is 7.99. The Hall–Kier alpha value is 0.100. The molecule has 0 bridgehead atoms. The van der Waals surface area contributed by atoms with E-state index in [1.54, 1.807) is 11.8 Å². The van der Waals surface area contributed by atoms with Crippen LogP contribution in [0.5, 0.6) is 0 Å². The van der Waals surface area contributed by atoms with E-state index in [0.717, 1.165) is 11.5 Å². The Morgan fingerprint density at radius 1 is 1.23 bits per heavy atom. The molecule has 78 valence electrons. The van der Waals surface area contributed by atoms with Crippen molar-refractivity contribution < 1.29 is 13.2 Å². The summed E-state index contributed by atoms with van der Waals surface area (Å²) in [5.41, 5.74) is 5.67. The highest BCUT2D eigenvalue weighted by Gasteiger charge is 2.34. The predicted octanol–water partition coefficient (Wildman–Crippen LogP) is 2.41. The van der Waals surface area contributed by atoms with Gasteiger partial charge in [0.15, 0.2) is 0 Å². The van der Waals surface area contributed by atoms with Crippen LogP contribution in [0.2, 0.25) is 0 Å². The molecule has 1 nitrogen and oxygen atoms in total. The Morgan fingerprint density at radius 3 is 2.46 bits per heavy atom. The molecule has 13 heavy (non-hydrogen) atoms. The van der Waals surface area contributed by atoms with Gasteiger partial charge in [0, 0.05) is 12.5 Å². The molecule has 1 aliphatic rings. The summed E-state index contributed by atoms with van der Waals surface area (Å²) < 4.78 is 36.3. The predicted molar refractivity (Wildman–Crippen MR) is 48.7 cm³/mol. The van der Waals surface area contributed by atoms with Gasteiger partial charge in [0.05, 0.1) is 0 Å². The number of hydrogen-bond acceptors (Lipinski definition) is 2. The monoisotopic (exact) mass is 213 g/mol. The molecular weight excluding hydrogens is 199 g/mol. The summed E-state index contributed by atoms with van der Waals surface area (Å²) in [4.78, 5) is 0. The average molecular weight is 213 g/mol. The number of thioether (sulfide) groups is 1. The first-order valence-corrected chi connectivity index (χ1v) is 5.54. The van der Waals surface area contributed by atoms with Gasteiger partial charge in [0.1, 0.15) is 0 Å². The van der Waals surface area contributed by atoms with Crippen molar-refractivity contribution in [1.29, 1.82) is 0 Å². The molecule has 0 saturated carbocycles. The van der Waals surface area contributed by atoms with Gasteiger partial charge >= 0.3 is 6.18 Å². The molecular formula is C8H14F3NS. The molecule has 2 atom stereocenters. The molecule has 1 aliphatic heterocycles. The van der Waals surface area contributed by atoms with Crippen LogP contribution >= 0.6 is 11.8 Å². The van der Waals surface area contributed by atoms with Crippen LogP contribution in [-0.4, -0.2) is 23.7 Å². The number of rotatable bonds is 1. The van der Waals surface area contributed by atoms with Crippen molar-refractivity contribution in [1.82, 2.24) is 0 Å². The van der Waals surface area contributed by atoms with E-state index < -0.39 is 12.6 Å². The molecule has 0 aliphatic carbocycles. The lowest BCUT2D eigenvalue weighted by Crippen LogP contribution is -2.33. The van der Waals surface area contributed by atoms with Crippen molar-refractivity contribution in [3.63, 3.8) is 0 Å². The maximum atomic E-state index is 12.1. The molecule has 1 heterocycles. The SMILES string of the molecule is NC1CCSCCC1CC(F)(F)F. The van der Waals surface area contributed by atoms with Gasteiger partial charge in [0.2, 0.25) is 0 Å². The molecule has 5 heteroatoms. The van der Waals surface area contributed by atoms with Gasteiger partial charge in [-0.15, -0.1) is 0 Å². The van der Waals surface area contributed by atoms with Crippen LogP contribution in [0, 0.1) is 5.92 Å². The van der Waals surface area contributed by atoms with Gasteiger partial charge in [-0.05, 0) is 30.3 Å². The summed E-state index contributed by atoms with van der Waals surface area (Å²) in [6.07, 6.45) is -3.46. The minimum Gasteiger partial charge on any atom is -0.327 e. The van der Waals surface area contributed by atoms with Crippen molar-refractivity contribution >= 4 is 11.8 Å². The van der Waals surface area contributed by atoms with E-state index in [1.807, 2.05) is 0 Å². The number of hydrogen-bond donors (Lipinski definition) is 1. The average Bonchev–Trinajstić information content (AvgIpc) is 2.14. The van der Waals surface area contributed by atoms with Crippen LogP contribution in [-0.2, 0) is 0 Å². The third-order valence-corrected chi connectivity index (χ3v) is 3.38. The van der Waals surface area contributed by atoms with Crippen LogP contribution in [0.4, 0.5) is 13.2 Å². The number of nitrogens with two attached hydrogens (primary N) is 1. The summed E-state index contributed by atoms with van der Waals surface area (Å²) >= 11 is 1.70. The Bertz CT molecular complexity index is 160. The Morgan fingerprint density at radius 2 is 1.85 bits per heavy atom. The maximum absolute atomic E-state index is 12.1. The van der Waals surface area contributed by atoms with Gasteiger partial charge in [-0.3, -0.25) is 0 Å². The molecule has 0 amide bonds. The first kappa shape index (κ1) is 11.2. The molecule has 2 N–H and O–H groups in total. The van der Waals surface area contributed by atoms with Crippen LogP contribution in [0.25, 0.3) is 0 Å². The maximum Gasteiger partial charge on any atom is 0.389 e. The zero-order valence-corrected chi connectivity index (χ0v) is 8.13. The van der Waals surface area contributed by atoms with Gasteiger partial charge < -0.3 is 5.73 Å². The lowest BCUT2D eigenvalue weighted by Gasteiger charge is -2.21. The van der Waals surface area contributed by atoms with Gasteiger partial charge in [-0.25, -0.2) is 0 Å². The Balaban J connectivity index is 2.45. The molecule has 0 aromatic heterocycles. The normalized spacial score (nSPS) is 31.4. The zero-order chi connectivity index (χ0) is 9.90. The van der Waals surface area contributed by atoms with Crippen LogP contribution in [0.1, 0.15) is 19.3 Å². The molecule has 0 aromatic rings. The standard InChI is InChI=1S/C8H14F3NS/c9-8(10,11)5-6-1-3-13-4-2-7(6)12/h6-7H,1-5,12H2. The van der Waals surface area contributed by atoms with E-state index in [9.17, 15) is 13.2 Å². The highest BCUT2D eigenvalue weighted by atomic mass is 32.2. The Labute approximate surface area is 80.2 Å². The highest BCUT2D eigenvalue weighted by Crippen LogP contribution is 2.31. The van der Waals surface area contributed by atoms with Crippen molar-refractivity contribution in [2.75, 3.05) is 11.5 Å². The molecule has 1 saturated heterocycles. The summed E-state index contributed by atoms with van der Waals surface area (Å²) in [5.74, 6) is 1.35. The van der Waals surface area contributed by atoms with Gasteiger partial charge in [-0.1, -0.05) is 0 Å². The second kappa shape index (κ2) is 4.55. The van der Waals surface area contributed by atoms with Crippen molar-refractivity contribution in [2.24, 2.45) is 11.7 Å². The molecule has 0 spiro atoms. The smallest absolute Gasteiger partial charge is 0.327 e. The lowest BCUT2D eigenvalue weighted by molar-refractivity contribution is -0.146. The summed E-state index contributed by atoms with van der Waals surface area (Å²) in [5, 5.41) is 0. The topological polar surface area (TPSA) is 26.0 Å². The van der Waals surface area contributed by atoms with E-state index in [2.05, 4.69) is 0 Å². The van der Waals surface area contributed by atoms with Gasteiger partial charge in [0.25, 0.3) is 0 Å². The third kappa shape index (κ3) is 4.22. The lowest BCUT2D eigenvalue weighted by atomic mass is 9.92. The number of halogens is 3. The minimum atomic E-state index is -4.06. The second-order valence-corrected chi connectivity index (χ2v) is 4.66. The largest absolute Gasteiger partial charge is 0.389 e. The Kier molecular flexibility index (Phi) is 3.91. The fourth-order valence-electron chi connectivity index (χ4n) is 1.56. The summed E-state index contributed by atoms with van der Waals surface area (Å²) in [6.45, 7) is 0. The van der Waals surface area contributed by atoms with Crippen LogP contribution in [0.3, 0.4) is 0 Å². The van der Waals surface area contributed by atoms with Crippen molar-refractivity contribution in [2.45, 2.75) is 31.5 Å². The van der Waals surface area contributed by atoms with E-state index in [4.69, 9.17) is 5.73 Å². The first-order chi connectivity index (χ1) is 5.99. The first-order valence-electron chi connectivity index (χ1n) is 4.39. The minimum absolute atomic E-state index is 0.267. The van der Waals surface area contributed by atoms with E-state index in [0.29, 0.717) is 12.8 Å². The molecule has 0 radical (unpaired) electrons. The molecule has 1 fully saturated rings. The fraction of sp³-hybridized carbons (Fsp3) is 1.00. The molecule has 2 unspecified atom stereocenters. The molecule has 0 aromatic carbocycles. The summed E-state index contributed by atoms with van der Waals surface area (Å²) in [6, 6.07) is -0.267. The number of alkyl halides is 3. The second-order valence-electron chi connectivity index (χ2n) is 3.43. The van der Waals surface area contributed by atoms with E-state index in [-0.39, 0.29) is 12.0 Å². The van der Waals surface area contributed by atoms with E-state index >= 15 is 0 Å². The molecule has 1 rings (SSSR count).